The van der Waals surface area contributed by atoms with Crippen molar-refractivity contribution < 1.29 is 4.42 Å². The van der Waals surface area contributed by atoms with Gasteiger partial charge in [-0.1, -0.05) is 24.4 Å². The fourth-order valence-electron chi connectivity index (χ4n) is 1.25. The highest BCUT2D eigenvalue weighted by Gasteiger charge is 2.03. The normalized spacial score (nSPS) is 10.5. The molecular weight excluding hydrogens is 182 g/mol. The van der Waals surface area contributed by atoms with Crippen LogP contribution in [-0.2, 0) is 0 Å². The second-order valence-electron chi connectivity index (χ2n) is 2.92. The summed E-state index contributed by atoms with van der Waals surface area (Å²) in [5, 5.41) is 0.948. The zero-order chi connectivity index (χ0) is 9.42. The van der Waals surface area contributed by atoms with Crippen molar-refractivity contribution in [3.8, 4) is 0 Å². The van der Waals surface area contributed by atoms with Gasteiger partial charge in [-0.25, -0.2) is 0 Å². The first-order valence-electron chi connectivity index (χ1n) is 3.98. The van der Waals surface area contributed by atoms with E-state index in [4.69, 9.17) is 22.4 Å². The molecule has 0 spiro atoms. The lowest BCUT2D eigenvalue weighted by Gasteiger charge is -2.02. The second kappa shape index (κ2) is 2.85. The summed E-state index contributed by atoms with van der Waals surface area (Å²) in [7, 11) is 0. The first-order valence-corrected chi connectivity index (χ1v) is 4.39. The standard InChI is InChI=1S/C10H9NOS/c1-6-9(13)7-4-2-3-5-8(7)12-10(6)11/h2-5H,11H2,1H3. The van der Waals surface area contributed by atoms with Crippen LogP contribution in [0.15, 0.2) is 28.7 Å². The van der Waals surface area contributed by atoms with Crippen molar-refractivity contribution in [2.24, 2.45) is 0 Å². The topological polar surface area (TPSA) is 39.2 Å². The van der Waals surface area contributed by atoms with Gasteiger partial charge >= 0.3 is 0 Å². The van der Waals surface area contributed by atoms with E-state index < -0.39 is 0 Å². The molecule has 0 atom stereocenters. The van der Waals surface area contributed by atoms with Crippen LogP contribution in [0.5, 0.6) is 0 Å². The van der Waals surface area contributed by atoms with Crippen molar-refractivity contribution in [2.45, 2.75) is 6.92 Å². The third-order valence-corrected chi connectivity index (χ3v) is 2.59. The fourth-order valence-corrected chi connectivity index (χ4v) is 1.52. The molecule has 2 nitrogen and oxygen atoms in total. The van der Waals surface area contributed by atoms with Crippen molar-refractivity contribution in [2.75, 3.05) is 5.73 Å². The van der Waals surface area contributed by atoms with Crippen LogP contribution in [0.3, 0.4) is 0 Å². The lowest BCUT2D eigenvalue weighted by molar-refractivity contribution is 0.621. The maximum absolute atomic E-state index is 5.65. The Morgan fingerprint density at radius 2 is 2.00 bits per heavy atom. The van der Waals surface area contributed by atoms with Crippen molar-refractivity contribution in [3.63, 3.8) is 0 Å². The van der Waals surface area contributed by atoms with Crippen molar-refractivity contribution in [1.29, 1.82) is 0 Å². The molecule has 3 heteroatoms. The Morgan fingerprint density at radius 1 is 1.31 bits per heavy atom. The van der Waals surface area contributed by atoms with Gasteiger partial charge in [-0.05, 0) is 19.1 Å². The highest BCUT2D eigenvalue weighted by Crippen LogP contribution is 2.23. The van der Waals surface area contributed by atoms with E-state index in [9.17, 15) is 0 Å². The SMILES string of the molecule is Cc1c(N)oc2ccccc2c1=S. The molecule has 0 unspecified atom stereocenters. The Morgan fingerprint density at radius 3 is 2.77 bits per heavy atom. The molecule has 66 valence electrons. The minimum Gasteiger partial charge on any atom is -0.441 e. The molecule has 2 N–H and O–H groups in total. The summed E-state index contributed by atoms with van der Waals surface area (Å²) in [5.41, 5.74) is 7.24. The van der Waals surface area contributed by atoms with Gasteiger partial charge in [0, 0.05) is 10.9 Å². The minimum absolute atomic E-state index is 0.406. The predicted molar refractivity (Wildman–Crippen MR) is 56.2 cm³/mol. The molecule has 2 aromatic rings. The van der Waals surface area contributed by atoms with Crippen LogP contribution in [0.2, 0.25) is 0 Å². The molecule has 1 aromatic heterocycles. The van der Waals surface area contributed by atoms with Gasteiger partial charge in [-0.2, -0.15) is 0 Å². The molecule has 1 heterocycles. The number of para-hydroxylation sites is 1. The van der Waals surface area contributed by atoms with Crippen molar-refractivity contribution in [3.05, 3.63) is 34.3 Å². The van der Waals surface area contributed by atoms with Crippen LogP contribution in [0.4, 0.5) is 5.88 Å². The Kier molecular flexibility index (Phi) is 1.81. The smallest absolute Gasteiger partial charge is 0.195 e. The third kappa shape index (κ3) is 1.21. The number of rotatable bonds is 0. The Labute approximate surface area is 81.0 Å². The summed E-state index contributed by atoms with van der Waals surface area (Å²) in [4.78, 5) is 0. The number of anilines is 1. The van der Waals surface area contributed by atoms with Gasteiger partial charge < -0.3 is 10.2 Å². The molecule has 0 aliphatic rings. The summed E-state index contributed by atoms with van der Waals surface area (Å²) in [6, 6.07) is 7.63. The summed E-state index contributed by atoms with van der Waals surface area (Å²) < 4.78 is 6.16. The van der Waals surface area contributed by atoms with Gasteiger partial charge in [0.2, 0.25) is 0 Å². The monoisotopic (exact) mass is 191 g/mol. The molecule has 1 aromatic carbocycles. The van der Waals surface area contributed by atoms with Gasteiger partial charge in [-0.15, -0.1) is 0 Å². The van der Waals surface area contributed by atoms with Crippen molar-refractivity contribution >= 4 is 29.1 Å². The molecule has 0 aliphatic heterocycles. The van der Waals surface area contributed by atoms with Crippen LogP contribution in [-0.4, -0.2) is 0 Å². The first-order chi connectivity index (χ1) is 6.20. The Hall–Kier alpha value is -1.35. The molecule has 2 rings (SSSR count). The maximum atomic E-state index is 5.65. The lowest BCUT2D eigenvalue weighted by atomic mass is 10.2. The van der Waals surface area contributed by atoms with E-state index in [2.05, 4.69) is 0 Å². The third-order valence-electron chi connectivity index (χ3n) is 2.06. The van der Waals surface area contributed by atoms with Crippen molar-refractivity contribution in [1.82, 2.24) is 0 Å². The largest absolute Gasteiger partial charge is 0.441 e. The van der Waals surface area contributed by atoms with Gasteiger partial charge in [0.05, 0.1) is 4.51 Å². The first kappa shape index (κ1) is 8.26. The van der Waals surface area contributed by atoms with E-state index in [1.165, 1.54) is 0 Å². The Balaban J connectivity index is 3.03. The van der Waals surface area contributed by atoms with Crippen LogP contribution in [0.1, 0.15) is 5.56 Å². The highest BCUT2D eigenvalue weighted by atomic mass is 32.1. The zero-order valence-corrected chi connectivity index (χ0v) is 8.02. The number of nitrogen functional groups attached to an aromatic ring is 1. The van der Waals surface area contributed by atoms with Crippen LogP contribution in [0.25, 0.3) is 11.0 Å². The van der Waals surface area contributed by atoms with E-state index in [0.717, 1.165) is 21.0 Å². The molecule has 0 fully saturated rings. The average molecular weight is 191 g/mol. The maximum Gasteiger partial charge on any atom is 0.195 e. The van der Waals surface area contributed by atoms with E-state index >= 15 is 0 Å². The number of nitrogens with two attached hydrogens (primary N) is 1. The van der Waals surface area contributed by atoms with Gasteiger partial charge in [0.15, 0.2) is 5.88 Å². The molecule has 0 aliphatic carbocycles. The highest BCUT2D eigenvalue weighted by molar-refractivity contribution is 7.71. The lowest BCUT2D eigenvalue weighted by Crippen LogP contribution is -1.90. The molecule has 0 bridgehead atoms. The van der Waals surface area contributed by atoms with Gasteiger partial charge in [-0.3, -0.25) is 0 Å². The number of benzene rings is 1. The van der Waals surface area contributed by atoms with E-state index in [1.807, 2.05) is 31.2 Å². The van der Waals surface area contributed by atoms with E-state index in [1.54, 1.807) is 0 Å². The van der Waals surface area contributed by atoms with Crippen LogP contribution < -0.4 is 5.73 Å². The quantitative estimate of drug-likeness (QED) is 0.650. The number of hydrogen-bond acceptors (Lipinski definition) is 3. The molecule has 0 saturated heterocycles. The fraction of sp³-hybridized carbons (Fsp3) is 0.100. The molecule has 0 saturated carbocycles. The summed E-state index contributed by atoms with van der Waals surface area (Å²) in [6.07, 6.45) is 0. The Bertz CT molecular complexity index is 516. The minimum atomic E-state index is 0.406. The van der Waals surface area contributed by atoms with E-state index in [0.29, 0.717) is 5.88 Å². The summed E-state index contributed by atoms with van der Waals surface area (Å²) >= 11 is 5.24. The average Bonchev–Trinajstić information content (AvgIpc) is 2.15. The summed E-state index contributed by atoms with van der Waals surface area (Å²) in [5.74, 6) is 0.406. The van der Waals surface area contributed by atoms with E-state index in [-0.39, 0.29) is 0 Å². The number of fused-ring (bicyclic) bond motifs is 1. The molecule has 0 radical (unpaired) electrons. The number of hydrogen-bond donors (Lipinski definition) is 1. The second-order valence-corrected chi connectivity index (χ2v) is 3.32. The predicted octanol–water partition coefficient (Wildman–Crippen LogP) is 3.05. The molecule has 0 amide bonds. The molecular formula is C10H9NOS. The molecule has 13 heavy (non-hydrogen) atoms. The van der Waals surface area contributed by atoms with Gasteiger partial charge in [0.1, 0.15) is 5.58 Å². The van der Waals surface area contributed by atoms with Crippen LogP contribution in [0, 0.1) is 11.4 Å². The zero-order valence-electron chi connectivity index (χ0n) is 7.20. The van der Waals surface area contributed by atoms with Crippen LogP contribution >= 0.6 is 12.2 Å². The summed E-state index contributed by atoms with van der Waals surface area (Å²) in [6.45, 7) is 1.87. The van der Waals surface area contributed by atoms with Gasteiger partial charge in [0.25, 0.3) is 0 Å².